The Kier molecular flexibility index (Phi) is 23.7. The number of ether oxygens (including phenoxy) is 1. The smallest absolute Gasteiger partial charge is 0.310 e. The summed E-state index contributed by atoms with van der Waals surface area (Å²) in [4.78, 5) is 24.8. The number of hydrogen-bond acceptors (Lipinski definition) is 3. The number of carbonyl (C=O) groups is 2. The van der Waals surface area contributed by atoms with Gasteiger partial charge < -0.3 is 9.84 Å². The predicted octanol–water partition coefficient (Wildman–Crippen LogP) is 11.4. The molecule has 3 unspecified atom stereocenters. The minimum atomic E-state index is -0.831. The lowest BCUT2D eigenvalue weighted by Crippen LogP contribution is -2.35. The number of rotatable bonds is 27. The molecule has 4 heteroatoms. The van der Waals surface area contributed by atoms with Crippen molar-refractivity contribution in [3.63, 3.8) is 0 Å². The fourth-order valence-corrected chi connectivity index (χ4v) is 6.42. The number of carbonyl (C=O) groups excluding carboxylic acids is 1. The number of carboxylic acids is 1. The lowest BCUT2D eigenvalue weighted by molar-refractivity contribution is -0.164. The second-order valence-corrected chi connectivity index (χ2v) is 13.4. The van der Waals surface area contributed by atoms with Crippen molar-refractivity contribution < 1.29 is 19.4 Å². The van der Waals surface area contributed by atoms with Crippen LogP contribution in [0.1, 0.15) is 194 Å². The van der Waals surface area contributed by atoms with Gasteiger partial charge in [-0.3, -0.25) is 9.59 Å². The highest BCUT2D eigenvalue weighted by atomic mass is 16.5. The lowest BCUT2D eigenvalue weighted by atomic mass is 9.79. The third-order valence-electron chi connectivity index (χ3n) is 9.11. The summed E-state index contributed by atoms with van der Waals surface area (Å²) in [6, 6.07) is 0. The molecule has 4 nitrogen and oxygen atoms in total. The molecule has 1 N–H and O–H groups in total. The molecule has 236 valence electrons. The number of hydrogen-bond donors (Lipinski definition) is 1. The monoisotopic (exact) mass is 565 g/mol. The molecule has 1 fully saturated rings. The molecule has 0 aromatic carbocycles. The van der Waals surface area contributed by atoms with Gasteiger partial charge in [0.1, 0.15) is 6.10 Å². The molecule has 0 amide bonds. The largest absolute Gasteiger partial charge is 0.481 e. The third-order valence-corrected chi connectivity index (χ3v) is 9.11. The van der Waals surface area contributed by atoms with E-state index in [-0.39, 0.29) is 12.1 Å². The maximum atomic E-state index is 13.0. The Bertz CT molecular complexity index is 602. The van der Waals surface area contributed by atoms with Crippen molar-refractivity contribution in [2.45, 2.75) is 200 Å². The molecule has 1 aliphatic rings. The minimum absolute atomic E-state index is 0.0403. The SMILES string of the molecule is CCCCCCCCCCCCCCCCCC(CCCCCCCC(C)C)OC(=O)C1CCCCC1C(=O)O. The molecule has 3 atom stereocenters. The molecule has 1 saturated carbocycles. The van der Waals surface area contributed by atoms with Gasteiger partial charge in [0, 0.05) is 0 Å². The van der Waals surface area contributed by atoms with Gasteiger partial charge in [-0.15, -0.1) is 0 Å². The van der Waals surface area contributed by atoms with E-state index in [0.29, 0.717) is 12.8 Å². The second kappa shape index (κ2) is 25.6. The Morgan fingerprint density at radius 2 is 0.975 bits per heavy atom. The Hall–Kier alpha value is -1.06. The lowest BCUT2D eigenvalue weighted by Gasteiger charge is -2.29. The Labute approximate surface area is 249 Å². The average Bonchev–Trinajstić information content (AvgIpc) is 2.94. The summed E-state index contributed by atoms with van der Waals surface area (Å²) in [6.45, 7) is 6.86. The molecular weight excluding hydrogens is 496 g/mol. The van der Waals surface area contributed by atoms with Crippen LogP contribution in [-0.4, -0.2) is 23.1 Å². The van der Waals surface area contributed by atoms with E-state index in [1.54, 1.807) is 0 Å². The van der Waals surface area contributed by atoms with E-state index in [4.69, 9.17) is 4.74 Å². The zero-order chi connectivity index (χ0) is 29.3. The standard InChI is InChI=1S/C36H68O4/c1-4-5-6-7-8-9-10-11-12-13-14-15-16-19-22-27-32(28-23-20-17-18-21-26-31(2)3)40-36(39)34-30-25-24-29-33(34)35(37)38/h31-34H,4-30H2,1-3H3,(H,37,38). The van der Waals surface area contributed by atoms with Crippen molar-refractivity contribution in [2.24, 2.45) is 17.8 Å². The van der Waals surface area contributed by atoms with E-state index in [1.807, 2.05) is 0 Å². The number of esters is 1. The summed E-state index contributed by atoms with van der Waals surface area (Å²) < 4.78 is 6.05. The number of aliphatic carboxylic acids is 1. The van der Waals surface area contributed by atoms with Gasteiger partial charge in [-0.25, -0.2) is 0 Å². The zero-order valence-electron chi connectivity index (χ0n) is 27.1. The fourth-order valence-electron chi connectivity index (χ4n) is 6.42. The van der Waals surface area contributed by atoms with Gasteiger partial charge >= 0.3 is 11.9 Å². The fraction of sp³-hybridized carbons (Fsp3) is 0.944. The van der Waals surface area contributed by atoms with Gasteiger partial charge in [-0.1, -0.05) is 156 Å². The first-order valence-corrected chi connectivity index (χ1v) is 17.9. The zero-order valence-corrected chi connectivity index (χ0v) is 27.1. The molecule has 40 heavy (non-hydrogen) atoms. The van der Waals surface area contributed by atoms with Crippen LogP contribution in [0.2, 0.25) is 0 Å². The number of unbranched alkanes of at least 4 members (excludes halogenated alkanes) is 18. The topological polar surface area (TPSA) is 63.6 Å². The minimum Gasteiger partial charge on any atom is -0.481 e. The van der Waals surface area contributed by atoms with E-state index in [0.717, 1.165) is 44.4 Å². The van der Waals surface area contributed by atoms with Crippen LogP contribution in [-0.2, 0) is 14.3 Å². The van der Waals surface area contributed by atoms with Crippen LogP contribution in [0.25, 0.3) is 0 Å². The van der Waals surface area contributed by atoms with Crippen LogP contribution in [0.15, 0.2) is 0 Å². The van der Waals surface area contributed by atoms with Crippen molar-refractivity contribution in [1.29, 1.82) is 0 Å². The highest BCUT2D eigenvalue weighted by molar-refractivity contribution is 5.81. The molecule has 0 aliphatic heterocycles. The number of carboxylic acid groups (broad SMARTS) is 1. The molecule has 0 spiro atoms. The Morgan fingerprint density at radius 1 is 0.600 bits per heavy atom. The molecule has 0 aromatic rings. The molecule has 1 aliphatic carbocycles. The maximum Gasteiger partial charge on any atom is 0.310 e. The van der Waals surface area contributed by atoms with Crippen molar-refractivity contribution in [3.05, 3.63) is 0 Å². The first kappa shape index (κ1) is 37.0. The highest BCUT2D eigenvalue weighted by Gasteiger charge is 2.37. The van der Waals surface area contributed by atoms with Crippen LogP contribution >= 0.6 is 0 Å². The van der Waals surface area contributed by atoms with Crippen LogP contribution in [0, 0.1) is 17.8 Å². The second-order valence-electron chi connectivity index (χ2n) is 13.4. The van der Waals surface area contributed by atoms with E-state index in [9.17, 15) is 14.7 Å². The van der Waals surface area contributed by atoms with Gasteiger partial charge in [0.25, 0.3) is 0 Å². The Balaban J connectivity index is 2.25. The van der Waals surface area contributed by atoms with E-state index >= 15 is 0 Å². The van der Waals surface area contributed by atoms with Gasteiger partial charge in [0.05, 0.1) is 11.8 Å². The van der Waals surface area contributed by atoms with Gasteiger partial charge in [-0.05, 0) is 44.4 Å². The molecule has 0 saturated heterocycles. The highest BCUT2D eigenvalue weighted by Crippen LogP contribution is 2.32. The molecular formula is C36H68O4. The average molecular weight is 565 g/mol. The first-order valence-electron chi connectivity index (χ1n) is 17.9. The summed E-state index contributed by atoms with van der Waals surface area (Å²) in [5.74, 6) is -1.30. The van der Waals surface area contributed by atoms with Crippen LogP contribution in [0.4, 0.5) is 0 Å². The molecule has 0 radical (unpaired) electrons. The maximum absolute atomic E-state index is 13.0. The van der Waals surface area contributed by atoms with Gasteiger partial charge in [0.2, 0.25) is 0 Å². The normalized spacial score (nSPS) is 18.2. The summed E-state index contributed by atoms with van der Waals surface area (Å²) in [5.41, 5.74) is 0. The summed E-state index contributed by atoms with van der Waals surface area (Å²) in [6.07, 6.45) is 32.7. The van der Waals surface area contributed by atoms with Crippen molar-refractivity contribution >= 4 is 11.9 Å². The Morgan fingerprint density at radius 3 is 1.38 bits per heavy atom. The van der Waals surface area contributed by atoms with E-state index in [1.165, 1.54) is 122 Å². The van der Waals surface area contributed by atoms with Crippen LogP contribution in [0.5, 0.6) is 0 Å². The van der Waals surface area contributed by atoms with Crippen molar-refractivity contribution in [3.8, 4) is 0 Å². The van der Waals surface area contributed by atoms with Gasteiger partial charge in [-0.2, -0.15) is 0 Å². The molecule has 0 bridgehead atoms. The molecule has 0 heterocycles. The van der Waals surface area contributed by atoms with E-state index in [2.05, 4.69) is 20.8 Å². The van der Waals surface area contributed by atoms with Crippen LogP contribution < -0.4 is 0 Å². The summed E-state index contributed by atoms with van der Waals surface area (Å²) in [7, 11) is 0. The molecule has 1 rings (SSSR count). The summed E-state index contributed by atoms with van der Waals surface area (Å²) in [5, 5.41) is 9.61. The van der Waals surface area contributed by atoms with Crippen LogP contribution in [0.3, 0.4) is 0 Å². The quantitative estimate of drug-likeness (QED) is 0.0796. The predicted molar refractivity (Wildman–Crippen MR) is 170 cm³/mol. The summed E-state index contributed by atoms with van der Waals surface area (Å²) >= 11 is 0. The van der Waals surface area contributed by atoms with E-state index < -0.39 is 17.8 Å². The van der Waals surface area contributed by atoms with Crippen molar-refractivity contribution in [1.82, 2.24) is 0 Å². The van der Waals surface area contributed by atoms with Gasteiger partial charge in [0.15, 0.2) is 0 Å². The van der Waals surface area contributed by atoms with Crippen molar-refractivity contribution in [2.75, 3.05) is 0 Å². The third kappa shape index (κ3) is 19.9. The molecule has 0 aromatic heterocycles. The first-order chi connectivity index (χ1) is 19.5.